The van der Waals surface area contributed by atoms with Crippen molar-refractivity contribution < 1.29 is 4.79 Å². The average Bonchev–Trinajstić information content (AvgIpc) is 3.25. The third-order valence-corrected chi connectivity index (χ3v) is 4.66. The molecule has 0 spiro atoms. The van der Waals surface area contributed by atoms with Crippen LogP contribution in [0.15, 0.2) is 42.2 Å². The van der Waals surface area contributed by atoms with Gasteiger partial charge in [-0.1, -0.05) is 19.9 Å². The lowest BCUT2D eigenvalue weighted by Gasteiger charge is -2.09. The molecule has 6 nitrogen and oxygen atoms in total. The maximum atomic E-state index is 12.2. The molecule has 124 valence electrons. The van der Waals surface area contributed by atoms with Gasteiger partial charge in [0.25, 0.3) is 0 Å². The van der Waals surface area contributed by atoms with Gasteiger partial charge < -0.3 is 5.32 Å². The maximum Gasteiger partial charge on any atom is 0.226 e. The molecule has 0 saturated carbocycles. The van der Waals surface area contributed by atoms with Gasteiger partial charge in [-0.05, 0) is 12.1 Å². The number of hydrogen-bond acceptors (Lipinski definition) is 5. The maximum absolute atomic E-state index is 12.2. The van der Waals surface area contributed by atoms with Crippen molar-refractivity contribution in [3.8, 4) is 5.82 Å². The molecule has 24 heavy (non-hydrogen) atoms. The molecule has 3 heterocycles. The number of carbonyl (C=O) groups excluding carboxylic acids is 1. The van der Waals surface area contributed by atoms with Crippen molar-refractivity contribution in [1.82, 2.24) is 25.1 Å². The summed E-state index contributed by atoms with van der Waals surface area (Å²) in [6, 6.07) is 5.62. The number of pyridine rings is 1. The van der Waals surface area contributed by atoms with Crippen LogP contribution < -0.4 is 5.32 Å². The van der Waals surface area contributed by atoms with Crippen LogP contribution in [-0.4, -0.2) is 25.7 Å². The molecule has 0 radical (unpaired) electrons. The molecule has 0 aromatic carbocycles. The van der Waals surface area contributed by atoms with Gasteiger partial charge in [-0.15, -0.1) is 11.3 Å². The van der Waals surface area contributed by atoms with E-state index >= 15 is 0 Å². The van der Waals surface area contributed by atoms with Gasteiger partial charge in [0, 0.05) is 42.0 Å². The van der Waals surface area contributed by atoms with Gasteiger partial charge >= 0.3 is 0 Å². The number of aromatic nitrogens is 4. The zero-order valence-electron chi connectivity index (χ0n) is 13.6. The first-order chi connectivity index (χ1) is 11.6. The molecule has 0 atom stereocenters. The van der Waals surface area contributed by atoms with E-state index in [0.29, 0.717) is 18.9 Å². The Bertz CT molecular complexity index is 810. The Labute approximate surface area is 144 Å². The van der Waals surface area contributed by atoms with Gasteiger partial charge in [-0.25, -0.2) is 14.6 Å². The predicted octanol–water partition coefficient (Wildman–Crippen LogP) is 2.71. The molecule has 1 amide bonds. The number of nitrogens with zero attached hydrogens (tertiary/aromatic N) is 4. The van der Waals surface area contributed by atoms with E-state index in [4.69, 9.17) is 0 Å². The topological polar surface area (TPSA) is 72.7 Å². The van der Waals surface area contributed by atoms with Gasteiger partial charge in [-0.3, -0.25) is 4.79 Å². The molecule has 0 saturated heterocycles. The van der Waals surface area contributed by atoms with Gasteiger partial charge in [0.05, 0.1) is 17.1 Å². The molecule has 3 aromatic rings. The number of thiazole rings is 1. The Balaban J connectivity index is 1.62. The van der Waals surface area contributed by atoms with Crippen molar-refractivity contribution in [2.24, 2.45) is 0 Å². The summed E-state index contributed by atoms with van der Waals surface area (Å²) in [6.45, 7) is 4.60. The molecule has 0 aliphatic rings. The molecule has 3 rings (SSSR count). The summed E-state index contributed by atoms with van der Waals surface area (Å²) >= 11 is 1.60. The van der Waals surface area contributed by atoms with E-state index in [0.717, 1.165) is 22.1 Å². The fraction of sp³-hybridized carbons (Fsp3) is 0.294. The SMILES string of the molecule is CC(C)c1nc(CC(=O)NCc2cccnc2-n2cccn2)cs1. The second-order valence-electron chi connectivity index (χ2n) is 5.72. The Kier molecular flexibility index (Phi) is 5.00. The number of hydrogen-bond donors (Lipinski definition) is 1. The molecule has 3 aromatic heterocycles. The van der Waals surface area contributed by atoms with Gasteiger partial charge in [0.15, 0.2) is 5.82 Å². The van der Waals surface area contributed by atoms with Crippen molar-refractivity contribution in [3.63, 3.8) is 0 Å². The Morgan fingerprint density at radius 3 is 2.92 bits per heavy atom. The predicted molar refractivity (Wildman–Crippen MR) is 93.1 cm³/mol. The number of rotatable bonds is 6. The van der Waals surface area contributed by atoms with Crippen LogP contribution in [0.2, 0.25) is 0 Å². The highest BCUT2D eigenvalue weighted by atomic mass is 32.1. The highest BCUT2D eigenvalue weighted by molar-refractivity contribution is 7.09. The normalized spacial score (nSPS) is 11.0. The van der Waals surface area contributed by atoms with E-state index in [1.54, 1.807) is 28.4 Å². The first-order valence-corrected chi connectivity index (χ1v) is 8.66. The average molecular weight is 341 g/mol. The second kappa shape index (κ2) is 7.35. The fourth-order valence-electron chi connectivity index (χ4n) is 2.26. The molecule has 0 bridgehead atoms. The van der Waals surface area contributed by atoms with E-state index < -0.39 is 0 Å². The fourth-order valence-corrected chi connectivity index (χ4v) is 3.09. The van der Waals surface area contributed by atoms with E-state index in [-0.39, 0.29) is 5.91 Å². The number of amides is 1. The van der Waals surface area contributed by atoms with Crippen molar-refractivity contribution in [2.45, 2.75) is 32.7 Å². The molecule has 0 unspecified atom stereocenters. The quantitative estimate of drug-likeness (QED) is 0.748. The molecule has 0 aliphatic carbocycles. The first-order valence-electron chi connectivity index (χ1n) is 7.78. The molecule has 0 fully saturated rings. The Hall–Kier alpha value is -2.54. The van der Waals surface area contributed by atoms with Crippen molar-refractivity contribution in [3.05, 3.63) is 58.4 Å². The van der Waals surface area contributed by atoms with E-state index in [1.807, 2.05) is 29.8 Å². The largest absolute Gasteiger partial charge is 0.352 e. The molecular weight excluding hydrogens is 322 g/mol. The van der Waals surface area contributed by atoms with Crippen LogP contribution in [0.4, 0.5) is 0 Å². The Morgan fingerprint density at radius 2 is 2.21 bits per heavy atom. The minimum absolute atomic E-state index is 0.0501. The number of carbonyl (C=O) groups is 1. The third kappa shape index (κ3) is 3.86. The third-order valence-electron chi connectivity index (χ3n) is 3.47. The summed E-state index contributed by atoms with van der Waals surface area (Å²) in [5.41, 5.74) is 1.73. The van der Waals surface area contributed by atoms with Crippen LogP contribution in [0.25, 0.3) is 5.82 Å². The summed E-state index contributed by atoms with van der Waals surface area (Å²) in [5, 5.41) is 10.1. The van der Waals surface area contributed by atoms with Crippen LogP contribution in [0.5, 0.6) is 0 Å². The highest BCUT2D eigenvalue weighted by Crippen LogP contribution is 2.19. The van der Waals surface area contributed by atoms with Gasteiger partial charge in [0.2, 0.25) is 5.91 Å². The molecule has 1 N–H and O–H groups in total. The van der Waals surface area contributed by atoms with E-state index in [2.05, 4.69) is 34.2 Å². The molecule has 7 heteroatoms. The molecular formula is C17H19N5OS. The van der Waals surface area contributed by atoms with Crippen LogP contribution in [0.3, 0.4) is 0 Å². The summed E-state index contributed by atoms with van der Waals surface area (Å²) in [4.78, 5) is 21.0. The lowest BCUT2D eigenvalue weighted by molar-refractivity contribution is -0.120. The summed E-state index contributed by atoms with van der Waals surface area (Å²) in [7, 11) is 0. The lowest BCUT2D eigenvalue weighted by atomic mass is 10.2. The second-order valence-corrected chi connectivity index (χ2v) is 6.61. The zero-order chi connectivity index (χ0) is 16.9. The number of nitrogens with one attached hydrogen (secondary N) is 1. The summed E-state index contributed by atoms with van der Waals surface area (Å²) in [5.74, 6) is 1.06. The van der Waals surface area contributed by atoms with Crippen LogP contribution in [0, 0.1) is 0 Å². The summed E-state index contributed by atoms with van der Waals surface area (Å²) in [6.07, 6.45) is 5.54. The monoisotopic (exact) mass is 341 g/mol. The minimum atomic E-state index is -0.0501. The summed E-state index contributed by atoms with van der Waals surface area (Å²) < 4.78 is 1.69. The first kappa shape index (κ1) is 16.3. The van der Waals surface area contributed by atoms with Crippen LogP contribution >= 0.6 is 11.3 Å². The lowest BCUT2D eigenvalue weighted by Crippen LogP contribution is -2.25. The minimum Gasteiger partial charge on any atom is -0.352 e. The highest BCUT2D eigenvalue weighted by Gasteiger charge is 2.11. The molecule has 0 aliphatic heterocycles. The van der Waals surface area contributed by atoms with E-state index in [1.165, 1.54) is 0 Å². The van der Waals surface area contributed by atoms with Crippen molar-refractivity contribution in [2.75, 3.05) is 0 Å². The Morgan fingerprint density at radius 1 is 1.33 bits per heavy atom. The van der Waals surface area contributed by atoms with Gasteiger partial charge in [-0.2, -0.15) is 5.10 Å². The van der Waals surface area contributed by atoms with Crippen molar-refractivity contribution >= 4 is 17.2 Å². The van der Waals surface area contributed by atoms with Crippen LogP contribution in [-0.2, 0) is 17.8 Å². The standard InChI is InChI=1S/C17H19N5OS/c1-12(2)17-21-14(11-24-17)9-15(23)19-10-13-5-3-6-18-16(13)22-8-4-7-20-22/h3-8,11-12H,9-10H2,1-2H3,(H,19,23). The van der Waals surface area contributed by atoms with E-state index in [9.17, 15) is 4.79 Å². The zero-order valence-corrected chi connectivity index (χ0v) is 14.5. The smallest absolute Gasteiger partial charge is 0.226 e. The van der Waals surface area contributed by atoms with Crippen molar-refractivity contribution in [1.29, 1.82) is 0 Å². The van der Waals surface area contributed by atoms with Gasteiger partial charge in [0.1, 0.15) is 0 Å². The van der Waals surface area contributed by atoms with Crippen LogP contribution in [0.1, 0.15) is 36.0 Å².